The SMILES string of the molecule is CC(N)C(C)C(=O)Nc1ccc(NC(=O)C2CC2)nc1. The number of nitrogens with zero attached hydrogens (tertiary/aromatic N) is 1. The van der Waals surface area contributed by atoms with Crippen LogP contribution in [0.4, 0.5) is 11.5 Å². The van der Waals surface area contributed by atoms with E-state index in [4.69, 9.17) is 5.73 Å². The van der Waals surface area contributed by atoms with Gasteiger partial charge >= 0.3 is 0 Å². The number of hydrogen-bond donors (Lipinski definition) is 3. The fraction of sp³-hybridized carbons (Fsp3) is 0.500. The van der Waals surface area contributed by atoms with Crippen molar-refractivity contribution in [2.75, 3.05) is 10.6 Å². The summed E-state index contributed by atoms with van der Waals surface area (Å²) in [5, 5.41) is 5.49. The van der Waals surface area contributed by atoms with Crippen molar-refractivity contribution in [2.45, 2.75) is 32.7 Å². The normalized spacial score (nSPS) is 17.1. The summed E-state index contributed by atoms with van der Waals surface area (Å²) in [4.78, 5) is 27.5. The molecule has 6 heteroatoms. The maximum atomic E-state index is 11.8. The molecule has 1 aliphatic rings. The van der Waals surface area contributed by atoms with Crippen molar-refractivity contribution in [3.05, 3.63) is 18.3 Å². The summed E-state index contributed by atoms with van der Waals surface area (Å²) in [5.74, 6) is 0.240. The van der Waals surface area contributed by atoms with Gasteiger partial charge in [-0.1, -0.05) is 6.92 Å². The first-order valence-corrected chi connectivity index (χ1v) is 6.80. The fourth-order valence-corrected chi connectivity index (χ4v) is 1.61. The van der Waals surface area contributed by atoms with E-state index < -0.39 is 0 Å². The lowest BCUT2D eigenvalue weighted by Gasteiger charge is -2.15. The molecule has 2 unspecified atom stereocenters. The molecule has 20 heavy (non-hydrogen) atoms. The first-order valence-electron chi connectivity index (χ1n) is 6.80. The summed E-state index contributed by atoms with van der Waals surface area (Å²) >= 11 is 0. The zero-order valence-corrected chi connectivity index (χ0v) is 11.7. The van der Waals surface area contributed by atoms with Crippen LogP contribution in [0.2, 0.25) is 0 Å². The van der Waals surface area contributed by atoms with Gasteiger partial charge in [0.2, 0.25) is 11.8 Å². The lowest BCUT2D eigenvalue weighted by Crippen LogP contribution is -2.34. The summed E-state index contributed by atoms with van der Waals surface area (Å²) in [6.45, 7) is 3.57. The van der Waals surface area contributed by atoms with Crippen LogP contribution < -0.4 is 16.4 Å². The third kappa shape index (κ3) is 3.77. The maximum Gasteiger partial charge on any atom is 0.228 e. The van der Waals surface area contributed by atoms with Gasteiger partial charge in [0, 0.05) is 12.0 Å². The van der Waals surface area contributed by atoms with Crippen molar-refractivity contribution >= 4 is 23.3 Å². The van der Waals surface area contributed by atoms with Crippen molar-refractivity contribution in [3.8, 4) is 0 Å². The van der Waals surface area contributed by atoms with Gasteiger partial charge in [-0.15, -0.1) is 0 Å². The molecule has 4 N–H and O–H groups in total. The number of rotatable bonds is 5. The molecular weight excluding hydrogens is 256 g/mol. The summed E-state index contributed by atoms with van der Waals surface area (Å²) in [6.07, 6.45) is 3.43. The summed E-state index contributed by atoms with van der Waals surface area (Å²) in [6, 6.07) is 3.17. The molecule has 2 amide bonds. The highest BCUT2D eigenvalue weighted by atomic mass is 16.2. The van der Waals surface area contributed by atoms with Crippen LogP contribution in [0.25, 0.3) is 0 Å². The van der Waals surface area contributed by atoms with Crippen LogP contribution in [-0.4, -0.2) is 22.8 Å². The number of hydrogen-bond acceptors (Lipinski definition) is 4. The number of aromatic nitrogens is 1. The Morgan fingerprint density at radius 1 is 1.30 bits per heavy atom. The van der Waals surface area contributed by atoms with Crippen molar-refractivity contribution in [2.24, 2.45) is 17.6 Å². The topological polar surface area (TPSA) is 97.1 Å². The van der Waals surface area contributed by atoms with Crippen LogP contribution in [0.3, 0.4) is 0 Å². The zero-order valence-electron chi connectivity index (χ0n) is 11.7. The first-order chi connectivity index (χ1) is 9.47. The lowest BCUT2D eigenvalue weighted by atomic mass is 10.0. The molecule has 1 saturated carbocycles. The third-order valence-electron chi connectivity index (χ3n) is 3.43. The summed E-state index contributed by atoms with van der Waals surface area (Å²) in [7, 11) is 0. The van der Waals surface area contributed by atoms with Gasteiger partial charge in [0.1, 0.15) is 5.82 Å². The number of anilines is 2. The van der Waals surface area contributed by atoms with Gasteiger partial charge in [-0.25, -0.2) is 4.98 Å². The van der Waals surface area contributed by atoms with Crippen molar-refractivity contribution < 1.29 is 9.59 Å². The van der Waals surface area contributed by atoms with E-state index in [9.17, 15) is 9.59 Å². The minimum Gasteiger partial charge on any atom is -0.327 e. The van der Waals surface area contributed by atoms with Gasteiger partial charge in [-0.3, -0.25) is 9.59 Å². The number of pyridine rings is 1. The molecule has 0 aromatic carbocycles. The van der Waals surface area contributed by atoms with Crippen LogP contribution in [0.1, 0.15) is 26.7 Å². The molecule has 2 atom stereocenters. The molecular formula is C14H20N4O2. The molecule has 0 radical (unpaired) electrons. The third-order valence-corrected chi connectivity index (χ3v) is 3.43. The number of carbonyl (C=O) groups excluding carboxylic acids is 2. The van der Waals surface area contributed by atoms with Crippen LogP contribution in [-0.2, 0) is 9.59 Å². The molecule has 1 aromatic rings. The first kappa shape index (κ1) is 14.5. The highest BCUT2D eigenvalue weighted by Gasteiger charge is 2.29. The van der Waals surface area contributed by atoms with E-state index in [-0.39, 0.29) is 29.7 Å². The predicted octanol–water partition coefficient (Wildman–Crippen LogP) is 1.35. The minimum atomic E-state index is -0.274. The fourth-order valence-electron chi connectivity index (χ4n) is 1.61. The van der Waals surface area contributed by atoms with E-state index in [1.165, 1.54) is 6.20 Å². The number of nitrogens with one attached hydrogen (secondary N) is 2. The Morgan fingerprint density at radius 3 is 2.50 bits per heavy atom. The lowest BCUT2D eigenvalue weighted by molar-refractivity contribution is -0.120. The van der Waals surface area contributed by atoms with Crippen LogP contribution in [0.15, 0.2) is 18.3 Å². The van der Waals surface area contributed by atoms with Crippen molar-refractivity contribution in [3.63, 3.8) is 0 Å². The Bertz CT molecular complexity index is 494. The number of amides is 2. The standard InChI is InChI=1S/C14H20N4O2/c1-8(9(2)15)13(19)17-11-5-6-12(16-7-11)18-14(20)10-3-4-10/h5-10H,3-4,15H2,1-2H3,(H,17,19)(H,16,18,20). The summed E-state index contributed by atoms with van der Waals surface area (Å²) < 4.78 is 0. The van der Waals surface area contributed by atoms with E-state index >= 15 is 0 Å². The Kier molecular flexibility index (Phi) is 4.34. The monoisotopic (exact) mass is 276 g/mol. The second kappa shape index (κ2) is 6.00. The Balaban J connectivity index is 1.90. The van der Waals surface area contributed by atoms with Gasteiger partial charge in [0.15, 0.2) is 0 Å². The van der Waals surface area contributed by atoms with E-state index in [0.29, 0.717) is 11.5 Å². The second-order valence-corrected chi connectivity index (χ2v) is 5.33. The largest absolute Gasteiger partial charge is 0.327 e. The molecule has 1 aliphatic carbocycles. The van der Waals surface area contributed by atoms with Crippen LogP contribution in [0.5, 0.6) is 0 Å². The number of carbonyl (C=O) groups is 2. The Labute approximate surface area is 118 Å². The molecule has 0 spiro atoms. The predicted molar refractivity (Wildman–Crippen MR) is 77.0 cm³/mol. The van der Waals surface area contributed by atoms with Crippen LogP contribution in [0, 0.1) is 11.8 Å². The maximum absolute atomic E-state index is 11.8. The average Bonchev–Trinajstić information content (AvgIpc) is 3.24. The zero-order chi connectivity index (χ0) is 14.7. The van der Waals surface area contributed by atoms with E-state index in [2.05, 4.69) is 15.6 Å². The molecule has 108 valence electrons. The molecule has 1 heterocycles. The molecule has 1 aromatic heterocycles. The molecule has 0 saturated heterocycles. The molecule has 6 nitrogen and oxygen atoms in total. The van der Waals surface area contributed by atoms with Crippen molar-refractivity contribution in [1.82, 2.24) is 4.98 Å². The minimum absolute atomic E-state index is 0.0138. The highest BCUT2D eigenvalue weighted by Crippen LogP contribution is 2.29. The van der Waals surface area contributed by atoms with Gasteiger partial charge in [-0.05, 0) is 31.9 Å². The van der Waals surface area contributed by atoms with Crippen LogP contribution >= 0.6 is 0 Å². The Morgan fingerprint density at radius 2 is 2.00 bits per heavy atom. The Hall–Kier alpha value is -1.95. The smallest absolute Gasteiger partial charge is 0.228 e. The molecule has 0 aliphatic heterocycles. The van der Waals surface area contributed by atoms with E-state index in [0.717, 1.165) is 12.8 Å². The second-order valence-electron chi connectivity index (χ2n) is 5.33. The molecule has 2 rings (SSSR count). The summed E-state index contributed by atoms with van der Waals surface area (Å²) in [5.41, 5.74) is 6.27. The van der Waals surface area contributed by atoms with E-state index in [1.807, 2.05) is 0 Å². The van der Waals surface area contributed by atoms with Gasteiger partial charge in [0.05, 0.1) is 17.8 Å². The quantitative estimate of drug-likeness (QED) is 0.756. The highest BCUT2D eigenvalue weighted by molar-refractivity contribution is 5.94. The number of nitrogens with two attached hydrogens (primary N) is 1. The van der Waals surface area contributed by atoms with Gasteiger partial charge < -0.3 is 16.4 Å². The average molecular weight is 276 g/mol. The van der Waals surface area contributed by atoms with Crippen molar-refractivity contribution in [1.29, 1.82) is 0 Å². The van der Waals surface area contributed by atoms with Gasteiger partial charge in [0.25, 0.3) is 0 Å². The molecule has 1 fully saturated rings. The van der Waals surface area contributed by atoms with E-state index in [1.54, 1.807) is 26.0 Å². The van der Waals surface area contributed by atoms with Gasteiger partial charge in [-0.2, -0.15) is 0 Å². The molecule has 0 bridgehead atoms.